The molecule has 0 saturated heterocycles. The number of aliphatic imine (C=N–C) groups is 1. The van der Waals surface area contributed by atoms with Crippen molar-refractivity contribution in [2.75, 3.05) is 7.05 Å². The highest BCUT2D eigenvalue weighted by Gasteiger charge is 1.95. The van der Waals surface area contributed by atoms with E-state index in [1.807, 2.05) is 13.8 Å². The fourth-order valence-corrected chi connectivity index (χ4v) is 0.504. The van der Waals surface area contributed by atoms with Crippen LogP contribution in [-0.4, -0.2) is 12.3 Å². The van der Waals surface area contributed by atoms with E-state index in [1.165, 1.54) is 0 Å². The van der Waals surface area contributed by atoms with Gasteiger partial charge in [0.15, 0.2) is 5.29 Å². The van der Waals surface area contributed by atoms with Gasteiger partial charge in [-0.3, -0.25) is 4.99 Å². The highest BCUT2D eigenvalue weighted by molar-refractivity contribution is 6.65. The van der Waals surface area contributed by atoms with Crippen LogP contribution in [0.5, 0.6) is 0 Å². The second-order valence-electron chi connectivity index (χ2n) is 1.95. The van der Waals surface area contributed by atoms with Gasteiger partial charge in [0.05, 0.1) is 0 Å². The summed E-state index contributed by atoms with van der Waals surface area (Å²) in [6.07, 6.45) is 0. The normalized spacial score (nSPS) is 11.1. The first kappa shape index (κ1) is 9.79. The first-order valence-electron chi connectivity index (χ1n) is 2.80. The summed E-state index contributed by atoms with van der Waals surface area (Å²) in [6.45, 7) is 3.77. The Kier molecular flexibility index (Phi) is 4.49. The van der Waals surface area contributed by atoms with E-state index in [2.05, 4.69) is 10.3 Å². The monoisotopic (exact) mass is 180 g/mol. The molecule has 1 N–H and O–H groups in total. The van der Waals surface area contributed by atoms with Gasteiger partial charge in [-0.1, -0.05) is 11.6 Å². The Bertz CT molecular complexity index is 169. The minimum atomic E-state index is 0.297. The number of hydrogen-bond acceptors (Lipinski definition) is 1. The molecule has 0 rings (SSSR count). The molecule has 0 amide bonds. The van der Waals surface area contributed by atoms with Crippen LogP contribution in [0.1, 0.15) is 13.8 Å². The first-order valence-corrected chi connectivity index (χ1v) is 3.55. The molecule has 0 aliphatic carbocycles. The predicted molar refractivity (Wildman–Crippen MR) is 46.6 cm³/mol. The molecule has 2 nitrogen and oxygen atoms in total. The summed E-state index contributed by atoms with van der Waals surface area (Å²) in [5.41, 5.74) is 0.975. The molecule has 0 aromatic rings. The average Bonchev–Trinajstić information content (AvgIpc) is 1.87. The van der Waals surface area contributed by atoms with Crippen molar-refractivity contribution in [3.8, 4) is 0 Å². The molecule has 0 spiro atoms. The lowest BCUT2D eigenvalue weighted by atomic mass is 10.4. The third-order valence-electron chi connectivity index (χ3n) is 0.848. The van der Waals surface area contributed by atoms with E-state index < -0.39 is 0 Å². The number of nitrogens with one attached hydrogen (secondary N) is 1. The summed E-state index contributed by atoms with van der Waals surface area (Å²) >= 11 is 11.2. The summed E-state index contributed by atoms with van der Waals surface area (Å²) in [4.78, 5) is 3.66. The van der Waals surface area contributed by atoms with E-state index >= 15 is 0 Å². The van der Waals surface area contributed by atoms with Crippen LogP contribution >= 0.6 is 23.2 Å². The van der Waals surface area contributed by atoms with Gasteiger partial charge in [-0.15, -0.1) is 0 Å². The van der Waals surface area contributed by atoms with Crippen molar-refractivity contribution in [2.24, 2.45) is 4.99 Å². The third-order valence-corrected chi connectivity index (χ3v) is 1.58. The lowest BCUT2D eigenvalue weighted by Gasteiger charge is -2.01. The van der Waals surface area contributed by atoms with E-state index in [-0.39, 0.29) is 0 Å². The van der Waals surface area contributed by atoms with Crippen LogP contribution in [0.3, 0.4) is 0 Å². The van der Waals surface area contributed by atoms with E-state index in [0.29, 0.717) is 10.5 Å². The molecule has 0 bridgehead atoms. The van der Waals surface area contributed by atoms with Gasteiger partial charge in [0, 0.05) is 7.05 Å². The van der Waals surface area contributed by atoms with Gasteiger partial charge < -0.3 is 5.32 Å². The summed E-state index contributed by atoms with van der Waals surface area (Å²) in [7, 11) is 1.59. The Balaban J connectivity index is 4.05. The number of amidine groups is 1. The van der Waals surface area contributed by atoms with Gasteiger partial charge in [-0.25, -0.2) is 0 Å². The van der Waals surface area contributed by atoms with E-state index in [1.54, 1.807) is 7.05 Å². The molecule has 0 aliphatic rings. The Hall–Kier alpha value is -0.210. The van der Waals surface area contributed by atoms with E-state index in [9.17, 15) is 0 Å². The Labute approximate surface area is 70.9 Å². The molecule has 0 atom stereocenters. The zero-order chi connectivity index (χ0) is 8.15. The van der Waals surface area contributed by atoms with Crippen molar-refractivity contribution in [3.63, 3.8) is 0 Å². The molecule has 0 fully saturated rings. The topological polar surface area (TPSA) is 24.4 Å². The molecule has 0 aliphatic heterocycles. The summed E-state index contributed by atoms with van der Waals surface area (Å²) < 4.78 is 0. The predicted octanol–water partition coefficient (Wildman–Crippen LogP) is 2.29. The molecule has 10 heavy (non-hydrogen) atoms. The van der Waals surface area contributed by atoms with Crippen LogP contribution < -0.4 is 5.32 Å². The molecule has 0 heterocycles. The van der Waals surface area contributed by atoms with Gasteiger partial charge in [-0.05, 0) is 31.0 Å². The van der Waals surface area contributed by atoms with E-state index in [0.717, 1.165) is 5.57 Å². The fraction of sp³-hybridized carbons (Fsp3) is 0.500. The third kappa shape index (κ3) is 3.75. The molecular weight excluding hydrogens is 171 g/mol. The minimum absolute atomic E-state index is 0.297. The molecule has 0 aromatic heterocycles. The van der Waals surface area contributed by atoms with Crippen LogP contribution in [0, 0.1) is 0 Å². The maximum atomic E-state index is 5.69. The molecule has 0 aromatic carbocycles. The number of allylic oxidation sites excluding steroid dienone is 1. The molecular formula is C6H10Cl2N2. The zero-order valence-electron chi connectivity index (χ0n) is 6.20. The fourth-order valence-electron chi connectivity index (χ4n) is 0.271. The maximum Gasteiger partial charge on any atom is 0.196 e. The van der Waals surface area contributed by atoms with Crippen LogP contribution in [0.25, 0.3) is 0 Å². The second kappa shape index (κ2) is 4.58. The molecule has 0 saturated carbocycles. The highest BCUT2D eigenvalue weighted by Crippen LogP contribution is 2.04. The van der Waals surface area contributed by atoms with Crippen molar-refractivity contribution >= 4 is 28.5 Å². The minimum Gasteiger partial charge on any atom is -0.321 e. The number of hydrogen-bond donors (Lipinski definition) is 1. The average molecular weight is 181 g/mol. The SMILES string of the molecule is CN=C(Cl)NC(Cl)=C(C)C. The quantitative estimate of drug-likeness (QED) is 0.374. The summed E-state index contributed by atoms with van der Waals surface area (Å²) in [6, 6.07) is 0. The zero-order valence-corrected chi connectivity index (χ0v) is 7.72. The smallest absolute Gasteiger partial charge is 0.196 e. The summed E-state index contributed by atoms with van der Waals surface area (Å²) in [5, 5.41) is 3.51. The number of rotatable bonds is 1. The van der Waals surface area contributed by atoms with Crippen molar-refractivity contribution in [3.05, 3.63) is 10.7 Å². The number of halogens is 2. The van der Waals surface area contributed by atoms with Crippen LogP contribution in [0.2, 0.25) is 0 Å². The van der Waals surface area contributed by atoms with Crippen LogP contribution in [0.4, 0.5) is 0 Å². The number of nitrogens with zero attached hydrogens (tertiary/aromatic N) is 1. The second-order valence-corrected chi connectivity index (χ2v) is 2.69. The largest absolute Gasteiger partial charge is 0.321 e. The van der Waals surface area contributed by atoms with Crippen molar-refractivity contribution in [1.29, 1.82) is 0 Å². The Morgan fingerprint density at radius 2 is 1.80 bits per heavy atom. The van der Waals surface area contributed by atoms with E-state index in [4.69, 9.17) is 23.2 Å². The van der Waals surface area contributed by atoms with Crippen molar-refractivity contribution in [1.82, 2.24) is 5.32 Å². The first-order chi connectivity index (χ1) is 4.57. The van der Waals surface area contributed by atoms with Gasteiger partial charge in [-0.2, -0.15) is 0 Å². The maximum absolute atomic E-state index is 5.69. The molecule has 58 valence electrons. The van der Waals surface area contributed by atoms with Crippen LogP contribution in [-0.2, 0) is 0 Å². The Morgan fingerprint density at radius 3 is 2.10 bits per heavy atom. The lowest BCUT2D eigenvalue weighted by molar-refractivity contribution is 1.17. The molecule has 0 radical (unpaired) electrons. The van der Waals surface area contributed by atoms with Gasteiger partial charge in [0.25, 0.3) is 0 Å². The van der Waals surface area contributed by atoms with Gasteiger partial charge in [0.2, 0.25) is 0 Å². The standard InChI is InChI=1S/C6H10Cl2N2/c1-4(2)5(7)10-6(8)9-3/h1-3H3,(H,9,10). The Morgan fingerprint density at radius 1 is 1.30 bits per heavy atom. The van der Waals surface area contributed by atoms with Crippen molar-refractivity contribution in [2.45, 2.75) is 13.8 Å². The lowest BCUT2D eigenvalue weighted by Crippen LogP contribution is -2.14. The highest BCUT2D eigenvalue weighted by atomic mass is 35.5. The molecule has 0 unspecified atom stereocenters. The van der Waals surface area contributed by atoms with Crippen molar-refractivity contribution < 1.29 is 0 Å². The molecule has 4 heteroatoms. The summed E-state index contributed by atoms with van der Waals surface area (Å²) in [5.74, 6) is 0. The van der Waals surface area contributed by atoms with Crippen LogP contribution in [0.15, 0.2) is 15.7 Å². The van der Waals surface area contributed by atoms with Gasteiger partial charge >= 0.3 is 0 Å². The van der Waals surface area contributed by atoms with Gasteiger partial charge in [0.1, 0.15) is 5.16 Å².